The smallest absolute Gasteiger partial charge is 0.416 e. The number of amidine groups is 1. The molecular weight excluding hydrogens is 515 g/mol. The molecule has 0 saturated carbocycles. The van der Waals surface area contributed by atoms with E-state index in [2.05, 4.69) is 10.3 Å². The molecule has 0 unspecified atom stereocenters. The number of nitrogens with zero attached hydrogens (tertiary/aromatic N) is 2. The standard InChI is InChI=1S/C28H26F3N3O3S/c1-18-5-3-7-21(15-18)32-26(36)24-17-25(35)34(14-13-19-9-11-23(37-2)12-10-19)27(38-24)33-22-8-4-6-20(16-22)28(29,30)31/h3-12,15-16,24H,13-14,17H2,1-2H3,(H,32,36)/t24-/m0/s1. The van der Waals surface area contributed by atoms with E-state index in [1.807, 2.05) is 49.4 Å². The third-order valence-electron chi connectivity index (χ3n) is 5.90. The molecule has 10 heteroatoms. The summed E-state index contributed by atoms with van der Waals surface area (Å²) in [6.07, 6.45) is -4.11. The number of aliphatic imine (C=N–C) groups is 1. The predicted molar refractivity (Wildman–Crippen MR) is 143 cm³/mol. The fraction of sp³-hybridized carbons (Fsp3) is 0.250. The molecule has 6 nitrogen and oxygen atoms in total. The molecule has 2 amide bonds. The Morgan fingerprint density at radius 2 is 1.84 bits per heavy atom. The summed E-state index contributed by atoms with van der Waals surface area (Å²) < 4.78 is 45.0. The Hall–Kier alpha value is -3.79. The highest BCUT2D eigenvalue weighted by Gasteiger charge is 2.36. The number of aryl methyl sites for hydroxylation is 1. The van der Waals surface area contributed by atoms with Crippen molar-refractivity contribution in [3.63, 3.8) is 0 Å². The third kappa shape index (κ3) is 6.95. The summed E-state index contributed by atoms with van der Waals surface area (Å²) in [4.78, 5) is 32.1. The van der Waals surface area contributed by atoms with Crippen molar-refractivity contribution in [1.29, 1.82) is 0 Å². The number of carbonyl (C=O) groups excluding carboxylic acids is 2. The summed E-state index contributed by atoms with van der Waals surface area (Å²) in [6.45, 7) is 2.15. The highest BCUT2D eigenvalue weighted by atomic mass is 32.2. The first kappa shape index (κ1) is 27.3. The molecule has 38 heavy (non-hydrogen) atoms. The van der Waals surface area contributed by atoms with E-state index in [9.17, 15) is 22.8 Å². The van der Waals surface area contributed by atoms with Gasteiger partial charge in [0.2, 0.25) is 11.8 Å². The van der Waals surface area contributed by atoms with E-state index in [1.165, 1.54) is 17.0 Å². The monoisotopic (exact) mass is 541 g/mol. The van der Waals surface area contributed by atoms with E-state index >= 15 is 0 Å². The molecule has 1 saturated heterocycles. The first-order chi connectivity index (χ1) is 18.1. The number of anilines is 1. The number of benzene rings is 3. The molecular formula is C28H26F3N3O3S. The average molecular weight is 542 g/mol. The fourth-order valence-electron chi connectivity index (χ4n) is 3.90. The van der Waals surface area contributed by atoms with Crippen molar-refractivity contribution in [3.05, 3.63) is 89.5 Å². The molecule has 1 aliphatic rings. The van der Waals surface area contributed by atoms with Crippen molar-refractivity contribution < 1.29 is 27.5 Å². The molecule has 0 bridgehead atoms. The Morgan fingerprint density at radius 1 is 1.11 bits per heavy atom. The van der Waals surface area contributed by atoms with Gasteiger partial charge in [0.05, 0.1) is 18.4 Å². The minimum absolute atomic E-state index is 0.0457. The van der Waals surface area contributed by atoms with Gasteiger partial charge in [0.25, 0.3) is 0 Å². The number of halogens is 3. The van der Waals surface area contributed by atoms with Crippen molar-refractivity contribution in [2.45, 2.75) is 31.2 Å². The third-order valence-corrected chi connectivity index (χ3v) is 7.09. The quantitative estimate of drug-likeness (QED) is 0.385. The summed E-state index contributed by atoms with van der Waals surface area (Å²) in [6, 6.07) is 19.2. The van der Waals surface area contributed by atoms with Gasteiger partial charge in [0, 0.05) is 18.7 Å². The van der Waals surface area contributed by atoms with Crippen LogP contribution in [0.15, 0.2) is 77.8 Å². The normalized spacial score (nSPS) is 17.0. The van der Waals surface area contributed by atoms with Crippen molar-refractivity contribution >= 4 is 40.1 Å². The zero-order chi connectivity index (χ0) is 27.3. The number of ether oxygens (including phenoxy) is 1. The second kappa shape index (κ2) is 11.7. The zero-order valence-corrected chi connectivity index (χ0v) is 21.6. The minimum Gasteiger partial charge on any atom is -0.497 e. The van der Waals surface area contributed by atoms with E-state index in [0.717, 1.165) is 35.0 Å². The number of hydrogen-bond acceptors (Lipinski definition) is 5. The SMILES string of the molecule is COc1ccc(CCN2C(=O)C[C@@H](C(=O)Nc3cccc(C)c3)SC2=Nc2cccc(C(F)(F)F)c2)cc1. The van der Waals surface area contributed by atoms with E-state index in [4.69, 9.17) is 4.74 Å². The minimum atomic E-state index is -4.53. The molecule has 0 spiro atoms. The van der Waals surface area contributed by atoms with Gasteiger partial charge in [-0.3, -0.25) is 14.5 Å². The second-order valence-corrected chi connectivity index (χ2v) is 9.93. The summed E-state index contributed by atoms with van der Waals surface area (Å²) >= 11 is 1.07. The molecule has 1 N–H and O–H groups in total. The largest absolute Gasteiger partial charge is 0.497 e. The molecule has 3 aromatic rings. The maximum absolute atomic E-state index is 13.3. The van der Waals surface area contributed by atoms with Crippen molar-refractivity contribution in [2.75, 3.05) is 19.0 Å². The number of hydrogen-bond donors (Lipinski definition) is 1. The molecule has 1 heterocycles. The van der Waals surface area contributed by atoms with E-state index in [0.29, 0.717) is 17.9 Å². The van der Waals surface area contributed by atoms with Gasteiger partial charge in [-0.25, -0.2) is 4.99 Å². The molecule has 4 rings (SSSR count). The summed E-state index contributed by atoms with van der Waals surface area (Å²) in [5.74, 6) is 0.000456. The summed E-state index contributed by atoms with van der Waals surface area (Å²) in [5, 5.41) is 2.22. The Bertz CT molecular complexity index is 1340. The average Bonchev–Trinajstić information content (AvgIpc) is 2.88. The topological polar surface area (TPSA) is 71.0 Å². The maximum Gasteiger partial charge on any atom is 0.416 e. The van der Waals surface area contributed by atoms with Crippen LogP contribution in [0, 0.1) is 6.92 Å². The van der Waals surface area contributed by atoms with Gasteiger partial charge in [-0.15, -0.1) is 0 Å². The molecule has 1 atom stereocenters. The lowest BCUT2D eigenvalue weighted by molar-refractivity contribution is -0.137. The summed E-state index contributed by atoms with van der Waals surface area (Å²) in [5.41, 5.74) is 1.71. The molecule has 1 fully saturated rings. The Morgan fingerprint density at radius 3 is 2.53 bits per heavy atom. The first-order valence-electron chi connectivity index (χ1n) is 11.9. The van der Waals surface area contributed by atoms with E-state index < -0.39 is 17.0 Å². The highest BCUT2D eigenvalue weighted by Crippen LogP contribution is 2.34. The lowest BCUT2D eigenvalue weighted by Gasteiger charge is -2.32. The van der Waals surface area contributed by atoms with Crippen LogP contribution < -0.4 is 10.1 Å². The van der Waals surface area contributed by atoms with Crippen LogP contribution >= 0.6 is 11.8 Å². The number of alkyl halides is 3. The van der Waals surface area contributed by atoms with Gasteiger partial charge in [-0.05, 0) is 66.9 Å². The first-order valence-corrected chi connectivity index (χ1v) is 12.7. The molecule has 0 aliphatic carbocycles. The van der Waals surface area contributed by atoms with Crippen LogP contribution in [-0.2, 0) is 22.2 Å². The lowest BCUT2D eigenvalue weighted by Crippen LogP contribution is -2.46. The lowest BCUT2D eigenvalue weighted by atomic mass is 10.1. The Balaban J connectivity index is 1.59. The van der Waals surface area contributed by atoms with E-state index in [-0.39, 0.29) is 35.6 Å². The van der Waals surface area contributed by atoms with Gasteiger partial charge in [-0.2, -0.15) is 13.2 Å². The Labute approximate surface area is 222 Å². The predicted octanol–water partition coefficient (Wildman–Crippen LogP) is 6.23. The van der Waals surface area contributed by atoms with Crippen LogP contribution in [0.3, 0.4) is 0 Å². The Kier molecular flexibility index (Phi) is 8.41. The molecule has 198 valence electrons. The highest BCUT2D eigenvalue weighted by molar-refractivity contribution is 8.15. The van der Waals surface area contributed by atoms with Crippen LogP contribution in [0.1, 0.15) is 23.1 Å². The van der Waals surface area contributed by atoms with Crippen LogP contribution in [0.2, 0.25) is 0 Å². The maximum atomic E-state index is 13.3. The molecule has 1 aliphatic heterocycles. The van der Waals surface area contributed by atoms with E-state index in [1.54, 1.807) is 13.2 Å². The zero-order valence-electron chi connectivity index (χ0n) is 20.8. The molecule has 0 aromatic heterocycles. The number of thioether (sulfide) groups is 1. The number of rotatable bonds is 7. The van der Waals surface area contributed by atoms with Gasteiger partial charge in [-0.1, -0.05) is 42.1 Å². The van der Waals surface area contributed by atoms with Gasteiger partial charge in [0.15, 0.2) is 5.17 Å². The van der Waals surface area contributed by atoms with Crippen molar-refractivity contribution in [2.24, 2.45) is 4.99 Å². The van der Waals surface area contributed by atoms with Crippen molar-refractivity contribution in [1.82, 2.24) is 4.90 Å². The van der Waals surface area contributed by atoms with Crippen LogP contribution in [-0.4, -0.2) is 40.8 Å². The number of amides is 2. The van der Waals surface area contributed by atoms with Gasteiger partial charge in [0.1, 0.15) is 11.0 Å². The summed E-state index contributed by atoms with van der Waals surface area (Å²) in [7, 11) is 1.57. The number of carbonyl (C=O) groups is 2. The van der Waals surface area contributed by atoms with Crippen LogP contribution in [0.4, 0.5) is 24.5 Å². The van der Waals surface area contributed by atoms with Crippen LogP contribution in [0.25, 0.3) is 0 Å². The second-order valence-electron chi connectivity index (χ2n) is 8.76. The van der Waals surface area contributed by atoms with Crippen LogP contribution in [0.5, 0.6) is 5.75 Å². The van der Waals surface area contributed by atoms with Crippen molar-refractivity contribution in [3.8, 4) is 5.75 Å². The number of nitrogens with one attached hydrogen (secondary N) is 1. The number of methoxy groups -OCH3 is 1. The fourth-order valence-corrected chi connectivity index (χ4v) is 5.03. The molecule has 3 aromatic carbocycles. The van der Waals surface area contributed by atoms with Gasteiger partial charge < -0.3 is 10.1 Å². The molecule has 0 radical (unpaired) electrons. The van der Waals surface area contributed by atoms with Gasteiger partial charge >= 0.3 is 6.18 Å².